The van der Waals surface area contributed by atoms with Gasteiger partial charge in [-0.1, -0.05) is 37.3 Å². The van der Waals surface area contributed by atoms with E-state index in [2.05, 4.69) is 17.2 Å². The van der Waals surface area contributed by atoms with Gasteiger partial charge in [-0.05, 0) is 41.8 Å². The highest BCUT2D eigenvalue weighted by Gasteiger charge is 2.27. The minimum absolute atomic E-state index is 0.0777. The molecule has 0 radical (unpaired) electrons. The quantitative estimate of drug-likeness (QED) is 0.639. The summed E-state index contributed by atoms with van der Waals surface area (Å²) in [5.74, 6) is 0.437. The zero-order valence-corrected chi connectivity index (χ0v) is 18.0. The van der Waals surface area contributed by atoms with Crippen LogP contribution in [-0.2, 0) is 16.0 Å². The Morgan fingerprint density at radius 2 is 1.94 bits per heavy atom. The molecule has 0 fully saturated rings. The molecule has 0 bridgehead atoms. The average Bonchev–Trinajstić information content (AvgIpc) is 2.95. The van der Waals surface area contributed by atoms with Crippen molar-refractivity contribution in [1.82, 2.24) is 4.98 Å². The van der Waals surface area contributed by atoms with Gasteiger partial charge >= 0.3 is 0 Å². The van der Waals surface area contributed by atoms with Crippen molar-refractivity contribution in [3.05, 3.63) is 78.0 Å². The topological polar surface area (TPSA) is 83.9 Å². The maximum atomic E-state index is 13.2. The molecule has 32 heavy (non-hydrogen) atoms. The Hall–Kier alpha value is -4.00. The fourth-order valence-corrected chi connectivity index (χ4v) is 3.53. The molecule has 1 aliphatic heterocycles. The molecule has 0 aliphatic carbocycles. The van der Waals surface area contributed by atoms with E-state index in [1.54, 1.807) is 49.7 Å². The van der Waals surface area contributed by atoms with Crippen LogP contribution >= 0.6 is 0 Å². The number of hydrogen-bond acceptors (Lipinski definition) is 5. The summed E-state index contributed by atoms with van der Waals surface area (Å²) >= 11 is 0. The first-order chi connectivity index (χ1) is 15.6. The Morgan fingerprint density at radius 3 is 2.69 bits per heavy atom. The van der Waals surface area contributed by atoms with E-state index in [1.165, 1.54) is 10.5 Å². The molecule has 0 saturated carbocycles. The van der Waals surface area contributed by atoms with Crippen molar-refractivity contribution in [2.24, 2.45) is 4.99 Å². The summed E-state index contributed by atoms with van der Waals surface area (Å²) in [6.45, 7) is 1.93. The van der Waals surface area contributed by atoms with Crippen LogP contribution in [0.1, 0.15) is 24.5 Å². The highest BCUT2D eigenvalue weighted by Crippen LogP contribution is 2.31. The molecule has 3 aromatic rings. The lowest BCUT2D eigenvalue weighted by atomic mass is 10.0. The summed E-state index contributed by atoms with van der Waals surface area (Å²) in [7, 11) is 1.56. The maximum Gasteiger partial charge on any atom is 0.244 e. The largest absolute Gasteiger partial charge is 0.497 e. The summed E-state index contributed by atoms with van der Waals surface area (Å²) in [5, 5.41) is 2.81. The van der Waals surface area contributed by atoms with Crippen LogP contribution in [0, 0.1) is 0 Å². The van der Waals surface area contributed by atoms with E-state index < -0.39 is 0 Å². The van der Waals surface area contributed by atoms with Gasteiger partial charge in [-0.3, -0.25) is 14.5 Å². The third-order valence-electron chi connectivity index (χ3n) is 5.25. The zero-order chi connectivity index (χ0) is 22.5. The van der Waals surface area contributed by atoms with Crippen molar-refractivity contribution in [3.8, 4) is 5.75 Å². The number of aromatic nitrogens is 1. The minimum atomic E-state index is -0.334. The maximum absolute atomic E-state index is 13.2. The van der Waals surface area contributed by atoms with Gasteiger partial charge < -0.3 is 10.1 Å². The van der Waals surface area contributed by atoms with Crippen LogP contribution in [0.5, 0.6) is 5.75 Å². The fraction of sp³-hybridized carbons (Fsp3) is 0.200. The number of aryl methyl sites for hydroxylation is 1. The number of fused-ring (bicyclic) bond motifs is 1. The smallest absolute Gasteiger partial charge is 0.244 e. The van der Waals surface area contributed by atoms with Crippen molar-refractivity contribution in [3.63, 3.8) is 0 Å². The molecule has 1 aromatic heterocycles. The number of aliphatic imine (C=N–C) groups is 1. The summed E-state index contributed by atoms with van der Waals surface area (Å²) in [6.07, 6.45) is 2.61. The number of carbonyl (C=O) groups excluding carboxylic acids is 2. The molecule has 2 amide bonds. The lowest BCUT2D eigenvalue weighted by Gasteiger charge is -2.20. The monoisotopic (exact) mass is 428 g/mol. The van der Waals surface area contributed by atoms with E-state index in [4.69, 9.17) is 9.73 Å². The van der Waals surface area contributed by atoms with Gasteiger partial charge in [-0.25, -0.2) is 9.98 Å². The van der Waals surface area contributed by atoms with Crippen molar-refractivity contribution in [1.29, 1.82) is 0 Å². The second-order valence-corrected chi connectivity index (χ2v) is 7.39. The third-order valence-corrected chi connectivity index (χ3v) is 5.25. The van der Waals surface area contributed by atoms with Gasteiger partial charge in [0.25, 0.3) is 0 Å². The molecule has 2 aromatic carbocycles. The normalized spacial score (nSPS) is 13.1. The van der Waals surface area contributed by atoms with Crippen LogP contribution < -0.4 is 15.0 Å². The third kappa shape index (κ3) is 4.67. The summed E-state index contributed by atoms with van der Waals surface area (Å²) < 4.78 is 5.19. The minimum Gasteiger partial charge on any atom is -0.497 e. The van der Waals surface area contributed by atoms with Gasteiger partial charge in [0.15, 0.2) is 5.82 Å². The lowest BCUT2D eigenvalue weighted by molar-refractivity contribution is -0.120. The predicted molar refractivity (Wildman–Crippen MR) is 125 cm³/mol. The molecular weight excluding hydrogens is 404 g/mol. The van der Waals surface area contributed by atoms with E-state index in [-0.39, 0.29) is 24.8 Å². The first-order valence-corrected chi connectivity index (χ1v) is 10.4. The van der Waals surface area contributed by atoms with Crippen LogP contribution in [-0.4, -0.2) is 36.2 Å². The van der Waals surface area contributed by atoms with Crippen LogP contribution in [0.3, 0.4) is 0 Å². The lowest BCUT2D eigenvalue weighted by Crippen LogP contribution is -2.39. The molecule has 1 aliphatic rings. The fourth-order valence-electron chi connectivity index (χ4n) is 3.53. The standard InChI is InChI=1S/C25H24N4O3/c1-3-17-9-11-18(12-10-17)22-15-24(31)29(25-21(28-22)8-5-13-26-25)16-23(30)27-19-6-4-7-20(14-19)32-2/h4-14H,3,15-16H2,1-2H3,(H,27,30). The van der Waals surface area contributed by atoms with Gasteiger partial charge in [0.05, 0.1) is 19.2 Å². The van der Waals surface area contributed by atoms with E-state index in [1.807, 2.05) is 24.3 Å². The van der Waals surface area contributed by atoms with E-state index in [0.29, 0.717) is 28.7 Å². The number of amides is 2. The summed E-state index contributed by atoms with van der Waals surface area (Å²) in [4.78, 5) is 36.4. The SMILES string of the molecule is CCc1ccc(C2=Nc3cccnc3N(CC(=O)Nc3cccc(OC)c3)C(=O)C2)cc1. The first-order valence-electron chi connectivity index (χ1n) is 10.4. The molecule has 162 valence electrons. The van der Waals surface area contributed by atoms with Crippen LogP contribution in [0.2, 0.25) is 0 Å². The molecule has 4 rings (SSSR count). The highest BCUT2D eigenvalue weighted by atomic mass is 16.5. The molecule has 1 N–H and O–H groups in total. The van der Waals surface area contributed by atoms with Crippen molar-refractivity contribution < 1.29 is 14.3 Å². The van der Waals surface area contributed by atoms with Crippen LogP contribution in [0.4, 0.5) is 17.2 Å². The van der Waals surface area contributed by atoms with Gasteiger partial charge in [0, 0.05) is 18.0 Å². The van der Waals surface area contributed by atoms with Crippen molar-refractivity contribution in [2.45, 2.75) is 19.8 Å². The molecule has 0 atom stereocenters. The number of benzene rings is 2. The van der Waals surface area contributed by atoms with Crippen LogP contribution in [0.15, 0.2) is 71.9 Å². The molecule has 7 nitrogen and oxygen atoms in total. The number of carbonyl (C=O) groups is 2. The average molecular weight is 428 g/mol. The van der Waals surface area contributed by atoms with Gasteiger partial charge in [0.1, 0.15) is 18.0 Å². The van der Waals surface area contributed by atoms with Gasteiger partial charge in [0.2, 0.25) is 11.8 Å². The Bertz CT molecular complexity index is 1170. The molecule has 0 saturated heterocycles. The summed E-state index contributed by atoms with van der Waals surface area (Å²) in [6, 6.07) is 18.7. The van der Waals surface area contributed by atoms with Crippen molar-refractivity contribution in [2.75, 3.05) is 23.9 Å². The Kier molecular flexibility index (Phi) is 6.26. The number of nitrogens with zero attached hydrogens (tertiary/aromatic N) is 3. The summed E-state index contributed by atoms with van der Waals surface area (Å²) in [5.41, 5.74) is 3.90. The molecule has 0 unspecified atom stereocenters. The number of methoxy groups -OCH3 is 1. The van der Waals surface area contributed by atoms with Gasteiger partial charge in [-0.2, -0.15) is 0 Å². The van der Waals surface area contributed by atoms with Crippen molar-refractivity contribution >= 4 is 34.7 Å². The number of ether oxygens (including phenoxy) is 1. The van der Waals surface area contributed by atoms with Gasteiger partial charge in [-0.15, -0.1) is 0 Å². The Morgan fingerprint density at radius 1 is 1.12 bits per heavy atom. The number of pyridine rings is 1. The number of rotatable bonds is 6. The predicted octanol–water partition coefficient (Wildman–Crippen LogP) is 4.15. The molecular formula is C25H24N4O3. The van der Waals surface area contributed by atoms with E-state index >= 15 is 0 Å². The highest BCUT2D eigenvalue weighted by molar-refractivity contribution is 6.18. The van der Waals surface area contributed by atoms with E-state index in [0.717, 1.165) is 12.0 Å². The first kappa shape index (κ1) is 21.2. The number of hydrogen-bond donors (Lipinski definition) is 1. The number of anilines is 2. The van der Waals surface area contributed by atoms with E-state index in [9.17, 15) is 9.59 Å². The second kappa shape index (κ2) is 9.43. The molecule has 2 heterocycles. The second-order valence-electron chi connectivity index (χ2n) is 7.39. The molecule has 0 spiro atoms. The Labute approximate surface area is 186 Å². The Balaban J connectivity index is 1.58. The van der Waals surface area contributed by atoms with Crippen LogP contribution in [0.25, 0.3) is 0 Å². The number of nitrogens with one attached hydrogen (secondary N) is 1. The molecule has 7 heteroatoms. The zero-order valence-electron chi connectivity index (χ0n) is 18.0.